The van der Waals surface area contributed by atoms with Crippen molar-refractivity contribution in [1.29, 1.82) is 0 Å². The molecule has 24 nitrogen and oxygen atoms in total. The highest BCUT2D eigenvalue weighted by Gasteiger charge is 2.28. The Labute approximate surface area is 894 Å². The molecule has 150 heavy (non-hydrogen) atoms. The van der Waals surface area contributed by atoms with Crippen LogP contribution in [0.15, 0.2) is 346 Å². The number of para-hydroxylation sites is 4. The monoisotopic (exact) mass is 2140 g/mol. The van der Waals surface area contributed by atoms with Gasteiger partial charge in [0, 0.05) is 104 Å². The molecule has 8 heterocycles. The van der Waals surface area contributed by atoms with Gasteiger partial charge in [-0.3, -0.25) is 18.1 Å². The van der Waals surface area contributed by atoms with Gasteiger partial charge < -0.3 is 34.3 Å². The van der Waals surface area contributed by atoms with Crippen molar-refractivity contribution >= 4 is 174 Å². The van der Waals surface area contributed by atoms with Crippen molar-refractivity contribution in [2.45, 2.75) is 92.8 Å². The summed E-state index contributed by atoms with van der Waals surface area (Å²) >= 11 is 18.5. The van der Waals surface area contributed by atoms with E-state index in [1.54, 1.807) is 4.90 Å². The molecular formula is C117H105Cl3F2N14O10S4. The van der Waals surface area contributed by atoms with Crippen molar-refractivity contribution in [1.82, 2.24) is 68.4 Å². The fourth-order valence-electron chi connectivity index (χ4n) is 18.6. The van der Waals surface area contributed by atoms with E-state index < -0.39 is 64.7 Å². The molecule has 0 saturated carbocycles. The zero-order valence-corrected chi connectivity index (χ0v) is 88.5. The largest absolute Gasteiger partial charge is 0.444 e. The number of ether oxygens (including phenoxy) is 1. The third-order valence-electron chi connectivity index (χ3n) is 25.6. The van der Waals surface area contributed by atoms with E-state index in [0.29, 0.717) is 49.1 Å². The Bertz CT molecular complexity index is 8560. The number of aromatic amines is 2. The van der Waals surface area contributed by atoms with E-state index in [4.69, 9.17) is 93.4 Å². The summed E-state index contributed by atoms with van der Waals surface area (Å²) < 4.78 is 110. The summed E-state index contributed by atoms with van der Waals surface area (Å²) in [7, 11) is 0. The van der Waals surface area contributed by atoms with E-state index in [2.05, 4.69) is 274 Å². The van der Waals surface area contributed by atoms with Crippen LogP contribution < -0.4 is 5.32 Å². The van der Waals surface area contributed by atoms with Gasteiger partial charge in [0.05, 0.1) is 130 Å². The van der Waals surface area contributed by atoms with Crippen LogP contribution in [0.1, 0.15) is 78.1 Å². The quantitative estimate of drug-likeness (QED) is 0.0474. The summed E-state index contributed by atoms with van der Waals surface area (Å²) in [5, 5.41) is 30.2. The van der Waals surface area contributed by atoms with Crippen LogP contribution >= 0.6 is 34.8 Å². The number of hydrogen-bond donors (Lipinski definition) is 3. The number of hydrogen-bond acceptors (Lipinski definition) is 15. The molecule has 14 aromatic carbocycles. The molecule has 3 N–H and O–H groups in total. The average Bonchev–Trinajstić information content (AvgIpc) is 1.58. The number of aryl methyl sites for hydroxylation is 4. The molecule has 33 heteroatoms. The van der Waals surface area contributed by atoms with Crippen molar-refractivity contribution in [3.63, 3.8) is 0 Å². The number of H-pyrrole nitrogens is 2. The molecule has 22 aromatic rings. The first-order chi connectivity index (χ1) is 73.0. The number of benzene rings is 14. The van der Waals surface area contributed by atoms with Crippen LogP contribution in [0.4, 0.5) is 13.6 Å². The van der Waals surface area contributed by atoms with Gasteiger partial charge in [0.15, 0.2) is 0 Å². The van der Waals surface area contributed by atoms with Gasteiger partial charge in [-0.1, -0.05) is 253 Å². The van der Waals surface area contributed by atoms with Crippen LogP contribution in [-0.4, -0.2) is 148 Å². The lowest BCUT2D eigenvalue weighted by Crippen LogP contribution is -2.38. The van der Waals surface area contributed by atoms with Gasteiger partial charge in [-0.25, -0.2) is 24.1 Å². The normalized spacial score (nSPS) is 11.0. The Morgan fingerprint density at radius 1 is 0.380 bits per heavy atom. The molecule has 8 aromatic heterocycles. The van der Waals surface area contributed by atoms with Crippen molar-refractivity contribution < 1.29 is 52.0 Å². The molecule has 0 bridgehead atoms. The Hall–Kier alpha value is -15.6. The molecule has 0 aliphatic heterocycles. The summed E-state index contributed by atoms with van der Waals surface area (Å²) in [6.07, 6.45) is 9.90. The second kappa shape index (κ2) is 51.8. The lowest BCUT2D eigenvalue weighted by atomic mass is 10.0. The van der Waals surface area contributed by atoms with E-state index in [1.807, 2.05) is 164 Å². The molecule has 0 unspecified atom stereocenters. The van der Waals surface area contributed by atoms with Crippen molar-refractivity contribution in [3.05, 3.63) is 406 Å². The molecule has 0 saturated heterocycles. The maximum Gasteiger partial charge on any atom is 0.410 e. The molecule has 22 rings (SSSR count). The van der Waals surface area contributed by atoms with Gasteiger partial charge in [-0.05, 0) is 235 Å². The highest BCUT2D eigenvalue weighted by atomic mass is 35.5. The number of carbonyl (C=O) groups excluding carboxylic acids is 1. The fraction of sp³-hybridized carbons (Fsp3) is 0.171. The third-order valence-corrected chi connectivity index (χ3v) is 26.7. The highest BCUT2D eigenvalue weighted by Crippen LogP contribution is 2.47. The highest BCUT2D eigenvalue weighted by molar-refractivity contribution is 7.52. The Kier molecular flexibility index (Phi) is 37.5. The topological polar surface area (TPSA) is 291 Å². The van der Waals surface area contributed by atoms with Crippen LogP contribution in [0.3, 0.4) is 0 Å². The summed E-state index contributed by atoms with van der Waals surface area (Å²) in [6.45, 7) is 16.9. The molecular weight excluding hydrogens is 2030 g/mol. The standard InChI is InChI=1S/C39H40ClFN4O2.C34H32ClFN4.C22H16ClN3.C22H17N3.4O2S/c1-27-11-8-9-14-31(27)37-36(40)35-32-25-42-45(30-12-6-5-7-13-30)33(32)19-20-34(35)44(37)26-29-17-15-28(16-18-29)21-24-43(23-10-22-41)38(46)47-39(2,3)4;1-24-8-5-6-11-28(24)34-33(35)32-29-22-38-40(27-9-3-2-4-10-27)30(29)16-17-31(32)39(34)23-26-14-12-25(13-15-26)18-21-37-20-7-19-36;1-14-7-5-6-10-16(14)22-21(23)20-17-13-24-26(15-8-3-2-4-9-15)19(17)12-11-18(20)25-22;1-15-7-5-6-10-17(15)21-13-18-19-14-23-25(16-8-3-2-4-9-16)22(19)12-11-20(18)24-21;4*1-3-2/h5-9,11-20,25H,10,21-24,26H2,1-4H3;2-6,8-17,22,37H,7,18-21,23H2,1H3;2-13,24H,1H3;2-14,23H,1H3;;;;. The van der Waals surface area contributed by atoms with E-state index in [1.165, 1.54) is 44.2 Å². The van der Waals surface area contributed by atoms with Gasteiger partial charge >= 0.3 is 52.4 Å². The van der Waals surface area contributed by atoms with Crippen LogP contribution in [0, 0.1) is 27.7 Å². The minimum absolute atomic E-state index is 0.273. The minimum Gasteiger partial charge on any atom is -0.444 e. The second-order valence-corrected chi connectivity index (χ2v) is 37.8. The third kappa shape index (κ3) is 25.1. The smallest absolute Gasteiger partial charge is 0.410 e. The lowest BCUT2D eigenvalue weighted by molar-refractivity contribution is 0.0247. The number of halogens is 5. The predicted molar refractivity (Wildman–Crippen MR) is 601 cm³/mol. The summed E-state index contributed by atoms with van der Waals surface area (Å²) in [5.74, 6) is 0. The Morgan fingerprint density at radius 2 is 0.760 bits per heavy atom. The Morgan fingerprint density at radius 3 is 1.20 bits per heavy atom. The Balaban J connectivity index is 0.000000148. The van der Waals surface area contributed by atoms with E-state index in [-0.39, 0.29) is 13.1 Å². The average molecular weight is 2140 g/mol. The number of carbonyl (C=O) groups is 1. The lowest BCUT2D eigenvalue weighted by Gasteiger charge is -2.27. The predicted octanol–water partition coefficient (Wildman–Crippen LogP) is 26.9. The van der Waals surface area contributed by atoms with Gasteiger partial charge in [-0.15, -0.1) is 0 Å². The zero-order valence-electron chi connectivity index (χ0n) is 82.9. The summed E-state index contributed by atoms with van der Waals surface area (Å²) in [5.41, 5.74) is 29.7. The van der Waals surface area contributed by atoms with Crippen LogP contribution in [0.2, 0.25) is 15.1 Å². The van der Waals surface area contributed by atoms with Crippen LogP contribution in [0.25, 0.3) is 155 Å². The van der Waals surface area contributed by atoms with Gasteiger partial charge in [0.1, 0.15) is 5.60 Å². The fourth-order valence-corrected chi connectivity index (χ4v) is 19.8. The summed E-state index contributed by atoms with van der Waals surface area (Å²) in [4.78, 5) is 24.0. The van der Waals surface area contributed by atoms with E-state index >= 15 is 0 Å². The zero-order chi connectivity index (χ0) is 106. The van der Waals surface area contributed by atoms with Gasteiger partial charge in [0.2, 0.25) is 0 Å². The molecule has 762 valence electrons. The molecule has 0 radical (unpaired) electrons. The number of alkyl halides is 2. The number of nitrogens with one attached hydrogen (secondary N) is 3. The SMILES string of the molecule is Cc1ccccc1-c1c(Cl)c2c3cnn(-c4ccccc4)c3ccc2n1Cc1ccc(CCN(CCCF)C(=O)OC(C)(C)C)cc1.Cc1ccccc1-c1c(Cl)c2c3cnn(-c4ccccc4)c3ccc2n1Cc1ccc(CCNCCCF)cc1.Cc1ccccc1-c1cc2c(ccc3c2c[nH]n3-c2ccccc2)n1.Cc1ccccc1-c1nc2ccc3c(c[nH]n3-c3ccccc3)c2c1Cl.O=S=O.O=S=O.O=S=O.O=S=O. The van der Waals surface area contributed by atoms with Gasteiger partial charge in [0.25, 0.3) is 0 Å². The van der Waals surface area contributed by atoms with Gasteiger partial charge in [-0.2, -0.15) is 43.9 Å². The first-order valence-electron chi connectivity index (χ1n) is 48.1. The summed E-state index contributed by atoms with van der Waals surface area (Å²) in [6, 6.07) is 111. The molecule has 0 spiro atoms. The van der Waals surface area contributed by atoms with Crippen LogP contribution in [-0.2, 0) is 77.0 Å². The van der Waals surface area contributed by atoms with Crippen LogP contribution in [0.5, 0.6) is 0 Å². The molecule has 0 aliphatic carbocycles. The maximum atomic E-state index is 13.0. The molecule has 1 amide bonds. The molecule has 0 aliphatic rings. The van der Waals surface area contributed by atoms with Crippen molar-refractivity contribution in [2.24, 2.45) is 0 Å². The number of fused-ring (bicyclic) bond motifs is 12. The first kappa shape index (κ1) is 109. The first-order valence-corrected chi connectivity index (χ1v) is 51.9. The number of amides is 1. The maximum absolute atomic E-state index is 13.0. The molecule has 0 atom stereocenters. The number of aromatic nitrogens is 12. The van der Waals surface area contributed by atoms with E-state index in [9.17, 15) is 13.6 Å². The van der Waals surface area contributed by atoms with E-state index in [0.717, 1.165) is 180 Å². The molecule has 0 fully saturated rings. The number of nitrogens with zero attached hydrogens (tertiary/aromatic N) is 11. The second-order valence-electron chi connectivity index (χ2n) is 36.2. The van der Waals surface area contributed by atoms with Crippen molar-refractivity contribution in [2.75, 3.05) is 39.5 Å². The minimum atomic E-state index is -0.750. The number of rotatable bonds is 24. The van der Waals surface area contributed by atoms with Crippen molar-refractivity contribution in [3.8, 4) is 67.8 Å².